The Labute approximate surface area is 101 Å². The molecule has 2 heteroatoms. The van der Waals surface area contributed by atoms with Gasteiger partial charge in [-0.1, -0.05) is 12.1 Å². The molecule has 0 atom stereocenters. The predicted octanol–water partition coefficient (Wildman–Crippen LogP) is 3.62. The zero-order chi connectivity index (χ0) is 11.7. The third kappa shape index (κ3) is 2.11. The van der Waals surface area contributed by atoms with Crippen LogP contribution in [0.5, 0.6) is 5.75 Å². The van der Waals surface area contributed by atoms with Crippen LogP contribution in [0.1, 0.15) is 17.5 Å². The highest BCUT2D eigenvalue weighted by Gasteiger charge is 2.10. The molecule has 2 nitrogen and oxygen atoms in total. The van der Waals surface area contributed by atoms with Gasteiger partial charge in [0.05, 0.1) is 0 Å². The third-order valence-corrected chi connectivity index (χ3v) is 3.23. The van der Waals surface area contributed by atoms with Crippen LogP contribution in [0.25, 0.3) is 0 Å². The number of rotatable bonds is 2. The van der Waals surface area contributed by atoms with Crippen molar-refractivity contribution in [1.29, 1.82) is 0 Å². The number of hydrogen-bond acceptors (Lipinski definition) is 2. The first-order valence-corrected chi connectivity index (χ1v) is 5.99. The first kappa shape index (κ1) is 10.2. The lowest BCUT2D eigenvalue weighted by Crippen LogP contribution is -1.91. The Kier molecular flexibility index (Phi) is 2.48. The van der Waals surface area contributed by atoms with Crippen LogP contribution in [0.15, 0.2) is 42.5 Å². The van der Waals surface area contributed by atoms with Crippen molar-refractivity contribution in [3.63, 3.8) is 0 Å². The van der Waals surface area contributed by atoms with E-state index in [4.69, 9.17) is 0 Å². The van der Waals surface area contributed by atoms with Crippen LogP contribution in [0.2, 0.25) is 0 Å². The molecule has 0 heterocycles. The number of phenolic OH excluding ortho intramolecular Hbond substituents is 1. The molecule has 86 valence electrons. The normalized spacial score (nSPS) is 13.4. The van der Waals surface area contributed by atoms with Gasteiger partial charge in [-0.3, -0.25) is 0 Å². The van der Waals surface area contributed by atoms with Crippen molar-refractivity contribution < 1.29 is 5.11 Å². The van der Waals surface area contributed by atoms with Gasteiger partial charge in [-0.2, -0.15) is 0 Å². The molecule has 0 bridgehead atoms. The van der Waals surface area contributed by atoms with Crippen molar-refractivity contribution >= 4 is 11.4 Å². The first-order valence-electron chi connectivity index (χ1n) is 5.99. The Hall–Kier alpha value is -1.96. The standard InChI is InChI=1S/C15H15NO/c17-15-6-2-5-13(10-15)16-14-8-7-11-3-1-4-12(11)9-14/h2,5-10,16-17H,1,3-4H2. The lowest BCUT2D eigenvalue weighted by molar-refractivity contribution is 0.475. The summed E-state index contributed by atoms with van der Waals surface area (Å²) in [6, 6.07) is 13.7. The van der Waals surface area contributed by atoms with Gasteiger partial charge in [-0.05, 0) is 54.7 Å². The van der Waals surface area contributed by atoms with E-state index in [0.717, 1.165) is 11.4 Å². The average molecular weight is 225 g/mol. The highest BCUT2D eigenvalue weighted by Crippen LogP contribution is 2.27. The fraction of sp³-hybridized carbons (Fsp3) is 0.200. The van der Waals surface area contributed by atoms with Gasteiger partial charge in [-0.15, -0.1) is 0 Å². The molecular formula is C15H15NO. The number of aromatic hydroxyl groups is 1. The van der Waals surface area contributed by atoms with Crippen LogP contribution >= 0.6 is 0 Å². The second-order valence-electron chi connectivity index (χ2n) is 4.51. The number of fused-ring (bicyclic) bond motifs is 1. The van der Waals surface area contributed by atoms with E-state index in [-0.39, 0.29) is 5.75 Å². The summed E-state index contributed by atoms with van der Waals surface area (Å²) in [6.45, 7) is 0. The molecule has 0 fully saturated rings. The summed E-state index contributed by atoms with van der Waals surface area (Å²) < 4.78 is 0. The molecule has 0 aromatic heterocycles. The van der Waals surface area contributed by atoms with Crippen molar-refractivity contribution in [2.75, 3.05) is 5.32 Å². The van der Waals surface area contributed by atoms with E-state index in [2.05, 4.69) is 23.5 Å². The maximum atomic E-state index is 9.41. The number of anilines is 2. The van der Waals surface area contributed by atoms with Gasteiger partial charge in [0.25, 0.3) is 0 Å². The van der Waals surface area contributed by atoms with Gasteiger partial charge in [-0.25, -0.2) is 0 Å². The minimum Gasteiger partial charge on any atom is -0.508 e. The van der Waals surface area contributed by atoms with Crippen LogP contribution < -0.4 is 5.32 Å². The Morgan fingerprint density at radius 1 is 0.882 bits per heavy atom. The van der Waals surface area contributed by atoms with Crippen LogP contribution in [0, 0.1) is 0 Å². The average Bonchev–Trinajstić information content (AvgIpc) is 2.76. The van der Waals surface area contributed by atoms with Crippen molar-refractivity contribution in [3.8, 4) is 5.75 Å². The summed E-state index contributed by atoms with van der Waals surface area (Å²) in [6.07, 6.45) is 3.66. The van der Waals surface area contributed by atoms with E-state index in [1.807, 2.05) is 12.1 Å². The summed E-state index contributed by atoms with van der Waals surface area (Å²) >= 11 is 0. The van der Waals surface area contributed by atoms with E-state index < -0.39 is 0 Å². The molecule has 3 rings (SSSR count). The zero-order valence-electron chi connectivity index (χ0n) is 9.61. The Morgan fingerprint density at radius 2 is 1.71 bits per heavy atom. The minimum absolute atomic E-state index is 0.288. The Balaban J connectivity index is 1.86. The molecule has 0 unspecified atom stereocenters. The quantitative estimate of drug-likeness (QED) is 0.818. The second kappa shape index (κ2) is 4.13. The van der Waals surface area contributed by atoms with Gasteiger partial charge in [0.2, 0.25) is 0 Å². The van der Waals surface area contributed by atoms with Crippen molar-refractivity contribution in [2.24, 2.45) is 0 Å². The summed E-state index contributed by atoms with van der Waals surface area (Å²) in [5.74, 6) is 0.288. The lowest BCUT2D eigenvalue weighted by Gasteiger charge is -2.08. The van der Waals surface area contributed by atoms with E-state index in [1.54, 1.807) is 12.1 Å². The second-order valence-corrected chi connectivity index (χ2v) is 4.51. The maximum absolute atomic E-state index is 9.41. The fourth-order valence-corrected chi connectivity index (χ4v) is 2.40. The van der Waals surface area contributed by atoms with Crippen molar-refractivity contribution in [1.82, 2.24) is 0 Å². The van der Waals surface area contributed by atoms with E-state index in [9.17, 15) is 5.11 Å². The SMILES string of the molecule is Oc1cccc(Nc2ccc3c(c2)CCC3)c1. The molecule has 0 aliphatic heterocycles. The predicted molar refractivity (Wildman–Crippen MR) is 69.9 cm³/mol. The van der Waals surface area contributed by atoms with Crippen LogP contribution in [0.4, 0.5) is 11.4 Å². The number of nitrogens with one attached hydrogen (secondary N) is 1. The first-order chi connectivity index (χ1) is 8.31. The number of aryl methyl sites for hydroxylation is 2. The number of benzene rings is 2. The molecule has 0 saturated carbocycles. The molecule has 1 aliphatic rings. The molecule has 0 spiro atoms. The largest absolute Gasteiger partial charge is 0.508 e. The fourth-order valence-electron chi connectivity index (χ4n) is 2.40. The number of phenols is 1. The van der Waals surface area contributed by atoms with Gasteiger partial charge in [0.1, 0.15) is 5.75 Å². The zero-order valence-corrected chi connectivity index (χ0v) is 9.61. The highest BCUT2D eigenvalue weighted by atomic mass is 16.3. The van der Waals surface area contributed by atoms with Crippen LogP contribution in [-0.4, -0.2) is 5.11 Å². The van der Waals surface area contributed by atoms with Crippen LogP contribution in [-0.2, 0) is 12.8 Å². The number of hydrogen-bond donors (Lipinski definition) is 2. The molecule has 0 radical (unpaired) electrons. The monoisotopic (exact) mass is 225 g/mol. The molecule has 2 aromatic rings. The van der Waals surface area contributed by atoms with Gasteiger partial charge in [0.15, 0.2) is 0 Å². The van der Waals surface area contributed by atoms with Gasteiger partial charge < -0.3 is 10.4 Å². The van der Waals surface area contributed by atoms with E-state index >= 15 is 0 Å². The molecule has 17 heavy (non-hydrogen) atoms. The summed E-state index contributed by atoms with van der Waals surface area (Å²) in [7, 11) is 0. The molecule has 2 N–H and O–H groups in total. The van der Waals surface area contributed by atoms with Crippen molar-refractivity contribution in [3.05, 3.63) is 53.6 Å². The van der Waals surface area contributed by atoms with Gasteiger partial charge in [0, 0.05) is 17.4 Å². The molecule has 2 aromatic carbocycles. The smallest absolute Gasteiger partial charge is 0.117 e. The maximum Gasteiger partial charge on any atom is 0.117 e. The molecule has 0 amide bonds. The summed E-state index contributed by atoms with van der Waals surface area (Å²) in [5.41, 5.74) is 4.95. The highest BCUT2D eigenvalue weighted by molar-refractivity contribution is 5.62. The van der Waals surface area contributed by atoms with Crippen LogP contribution in [0.3, 0.4) is 0 Å². The van der Waals surface area contributed by atoms with E-state index in [1.165, 1.54) is 30.4 Å². The topological polar surface area (TPSA) is 32.3 Å². The minimum atomic E-state index is 0.288. The molecule has 1 aliphatic carbocycles. The third-order valence-electron chi connectivity index (χ3n) is 3.23. The Morgan fingerprint density at radius 3 is 2.59 bits per heavy atom. The van der Waals surface area contributed by atoms with Gasteiger partial charge >= 0.3 is 0 Å². The lowest BCUT2D eigenvalue weighted by atomic mass is 10.1. The summed E-state index contributed by atoms with van der Waals surface area (Å²) in [4.78, 5) is 0. The Bertz CT molecular complexity index is 548. The molecular weight excluding hydrogens is 210 g/mol. The van der Waals surface area contributed by atoms with Crippen molar-refractivity contribution in [2.45, 2.75) is 19.3 Å². The summed E-state index contributed by atoms with van der Waals surface area (Å²) in [5, 5.41) is 12.7. The molecule has 0 saturated heterocycles. The van der Waals surface area contributed by atoms with E-state index in [0.29, 0.717) is 0 Å².